The predicted molar refractivity (Wildman–Crippen MR) is 104 cm³/mol. The Hall–Kier alpha value is -2.04. The van der Waals surface area contributed by atoms with Crippen LogP contribution in [0.5, 0.6) is 0 Å². The summed E-state index contributed by atoms with van der Waals surface area (Å²) in [5, 5.41) is 1.02. The third-order valence-electron chi connectivity index (χ3n) is 4.18. The van der Waals surface area contributed by atoms with Crippen LogP contribution in [0, 0.1) is 0 Å². The molecule has 0 aliphatic rings. The molecule has 3 nitrogen and oxygen atoms in total. The van der Waals surface area contributed by atoms with Gasteiger partial charge in [-0.15, -0.1) is 0 Å². The fraction of sp³-hybridized carbons (Fsp3) is 0.286. The van der Waals surface area contributed by atoms with Crippen molar-refractivity contribution in [3.63, 3.8) is 0 Å². The minimum Gasteiger partial charge on any atom is -0.356 e. The van der Waals surface area contributed by atoms with Gasteiger partial charge >= 0.3 is 0 Å². The van der Waals surface area contributed by atoms with Gasteiger partial charge in [0.15, 0.2) is 5.16 Å². The van der Waals surface area contributed by atoms with Gasteiger partial charge in [-0.25, -0.2) is 4.98 Å². The fourth-order valence-electron chi connectivity index (χ4n) is 2.96. The van der Waals surface area contributed by atoms with Crippen LogP contribution in [0.3, 0.4) is 0 Å². The number of rotatable bonds is 8. The Kier molecular flexibility index (Phi) is 6.31. The minimum atomic E-state index is 0.538. The lowest BCUT2D eigenvalue weighted by Gasteiger charge is -2.11. The highest BCUT2D eigenvalue weighted by atomic mass is 32.2. The van der Waals surface area contributed by atoms with Crippen molar-refractivity contribution in [3.05, 3.63) is 83.2 Å². The summed E-state index contributed by atoms with van der Waals surface area (Å²) in [6.07, 6.45) is 3.88. The molecule has 0 N–H and O–H groups in total. The molecule has 25 heavy (non-hydrogen) atoms. The first-order chi connectivity index (χ1) is 12.3. The van der Waals surface area contributed by atoms with E-state index >= 15 is 0 Å². The number of benzene rings is 2. The number of ether oxygens (including phenoxy) is 1. The Balaban J connectivity index is 1.75. The molecule has 1 heterocycles. The van der Waals surface area contributed by atoms with Crippen LogP contribution in [-0.4, -0.2) is 15.8 Å². The number of thioether (sulfide) groups is 1. The molecule has 3 rings (SSSR count). The van der Waals surface area contributed by atoms with Crippen molar-refractivity contribution in [2.24, 2.45) is 0 Å². The van der Waals surface area contributed by atoms with E-state index in [-0.39, 0.29) is 0 Å². The molecule has 0 saturated carbocycles. The third-order valence-corrected chi connectivity index (χ3v) is 4.86. The molecule has 0 saturated heterocycles. The molecule has 4 heteroatoms. The second-order valence-electron chi connectivity index (χ2n) is 5.90. The Morgan fingerprint density at radius 3 is 2.20 bits per heavy atom. The summed E-state index contributed by atoms with van der Waals surface area (Å²) in [7, 11) is 0. The molecule has 3 aromatic rings. The van der Waals surface area contributed by atoms with E-state index in [9.17, 15) is 0 Å². The summed E-state index contributed by atoms with van der Waals surface area (Å²) in [6.45, 7) is 3.34. The maximum atomic E-state index is 5.96. The highest BCUT2D eigenvalue weighted by Crippen LogP contribution is 2.23. The van der Waals surface area contributed by atoms with Crippen LogP contribution in [0.15, 0.2) is 65.8 Å². The molecule has 0 spiro atoms. The zero-order valence-electron chi connectivity index (χ0n) is 14.8. The number of hydrogen-bond acceptors (Lipinski definition) is 3. The van der Waals surface area contributed by atoms with Gasteiger partial charge in [0.2, 0.25) is 0 Å². The van der Waals surface area contributed by atoms with Crippen LogP contribution in [0.25, 0.3) is 0 Å². The maximum absolute atomic E-state index is 5.96. The van der Waals surface area contributed by atoms with Gasteiger partial charge in [-0.2, -0.15) is 0 Å². The normalized spacial score (nSPS) is 11.0. The second-order valence-corrected chi connectivity index (χ2v) is 6.67. The highest BCUT2D eigenvalue weighted by molar-refractivity contribution is 7.98. The average molecular weight is 353 g/mol. The summed E-state index contributed by atoms with van der Waals surface area (Å²) < 4.78 is 8.18. The maximum Gasteiger partial charge on any atom is 0.170 e. The molecule has 0 atom stereocenters. The van der Waals surface area contributed by atoms with Crippen LogP contribution >= 0.6 is 11.8 Å². The van der Waals surface area contributed by atoms with Crippen molar-refractivity contribution >= 4 is 11.8 Å². The van der Waals surface area contributed by atoms with Crippen molar-refractivity contribution in [2.45, 2.75) is 38.3 Å². The SMILES string of the molecule is CCc1c(Cc2ccccc2)nc(SC)n1COCc1ccccc1. The summed E-state index contributed by atoms with van der Waals surface area (Å²) >= 11 is 1.67. The number of aromatic nitrogens is 2. The van der Waals surface area contributed by atoms with Crippen LogP contribution in [-0.2, 0) is 30.9 Å². The smallest absolute Gasteiger partial charge is 0.170 e. The van der Waals surface area contributed by atoms with E-state index in [2.05, 4.69) is 54.1 Å². The molecule has 2 aromatic carbocycles. The summed E-state index contributed by atoms with van der Waals surface area (Å²) in [4.78, 5) is 4.87. The molecule has 1 aromatic heterocycles. The molecule has 0 bridgehead atoms. The monoisotopic (exact) mass is 352 g/mol. The molecule has 0 aliphatic carbocycles. The molecule has 0 amide bonds. The first kappa shape index (κ1) is 17.8. The third kappa shape index (κ3) is 4.53. The minimum absolute atomic E-state index is 0.538. The molecule has 0 unspecified atom stereocenters. The van der Waals surface area contributed by atoms with Gasteiger partial charge in [0.05, 0.1) is 12.3 Å². The van der Waals surface area contributed by atoms with E-state index in [1.54, 1.807) is 11.8 Å². The van der Waals surface area contributed by atoms with Crippen LogP contribution < -0.4 is 0 Å². The molecule has 0 fully saturated rings. The lowest BCUT2D eigenvalue weighted by molar-refractivity contribution is 0.0570. The molecular formula is C21H24N2OS. The van der Waals surface area contributed by atoms with E-state index < -0.39 is 0 Å². The lowest BCUT2D eigenvalue weighted by atomic mass is 10.1. The van der Waals surface area contributed by atoms with E-state index in [1.165, 1.54) is 16.8 Å². The number of imidazole rings is 1. The topological polar surface area (TPSA) is 27.1 Å². The van der Waals surface area contributed by atoms with Gasteiger partial charge in [-0.05, 0) is 23.8 Å². The predicted octanol–water partition coefficient (Wildman–Crippen LogP) is 4.93. The van der Waals surface area contributed by atoms with Gasteiger partial charge in [0.25, 0.3) is 0 Å². The molecular weight excluding hydrogens is 328 g/mol. The van der Waals surface area contributed by atoms with Crippen LogP contribution in [0.4, 0.5) is 0 Å². The fourth-order valence-corrected chi connectivity index (χ4v) is 3.54. The first-order valence-electron chi connectivity index (χ1n) is 8.59. The van der Waals surface area contributed by atoms with Gasteiger partial charge < -0.3 is 4.74 Å². The molecule has 0 radical (unpaired) electrons. The van der Waals surface area contributed by atoms with Crippen LogP contribution in [0.1, 0.15) is 29.4 Å². The van der Waals surface area contributed by atoms with E-state index in [0.717, 1.165) is 23.7 Å². The number of nitrogens with zero attached hydrogens (tertiary/aromatic N) is 2. The Morgan fingerprint density at radius 2 is 1.60 bits per heavy atom. The standard InChI is InChI=1S/C21H24N2OS/c1-3-20-19(14-17-10-6-4-7-11-17)22-21(25-2)23(20)16-24-15-18-12-8-5-9-13-18/h4-13H,3,14-16H2,1-2H3. The van der Waals surface area contributed by atoms with Gasteiger partial charge in [0.1, 0.15) is 6.73 Å². The Bertz CT molecular complexity index is 784. The summed E-state index contributed by atoms with van der Waals surface area (Å²) in [5.74, 6) is 0. The van der Waals surface area contributed by atoms with Crippen molar-refractivity contribution in [3.8, 4) is 0 Å². The quantitative estimate of drug-likeness (QED) is 0.538. The zero-order chi connectivity index (χ0) is 17.5. The largest absolute Gasteiger partial charge is 0.356 e. The molecule has 130 valence electrons. The number of hydrogen-bond donors (Lipinski definition) is 0. The average Bonchev–Trinajstić information content (AvgIpc) is 3.00. The molecule has 0 aliphatic heterocycles. The Morgan fingerprint density at radius 1 is 0.960 bits per heavy atom. The van der Waals surface area contributed by atoms with Crippen molar-refractivity contribution in [2.75, 3.05) is 6.26 Å². The van der Waals surface area contributed by atoms with Gasteiger partial charge in [0, 0.05) is 12.1 Å². The van der Waals surface area contributed by atoms with Crippen molar-refractivity contribution < 1.29 is 4.74 Å². The lowest BCUT2D eigenvalue weighted by Crippen LogP contribution is -2.08. The van der Waals surface area contributed by atoms with Crippen molar-refractivity contribution in [1.29, 1.82) is 0 Å². The Labute approximate surface area is 154 Å². The van der Waals surface area contributed by atoms with Gasteiger partial charge in [-0.1, -0.05) is 79.3 Å². The summed E-state index contributed by atoms with van der Waals surface area (Å²) in [5.41, 5.74) is 4.90. The van der Waals surface area contributed by atoms with E-state index in [1.807, 2.05) is 24.3 Å². The highest BCUT2D eigenvalue weighted by Gasteiger charge is 2.15. The summed E-state index contributed by atoms with van der Waals surface area (Å²) in [6, 6.07) is 20.8. The van der Waals surface area contributed by atoms with Crippen molar-refractivity contribution in [1.82, 2.24) is 9.55 Å². The second kappa shape index (κ2) is 8.88. The van der Waals surface area contributed by atoms with E-state index in [4.69, 9.17) is 9.72 Å². The van der Waals surface area contributed by atoms with Gasteiger partial charge in [-0.3, -0.25) is 4.57 Å². The zero-order valence-corrected chi connectivity index (χ0v) is 15.6. The van der Waals surface area contributed by atoms with Crippen LogP contribution in [0.2, 0.25) is 0 Å². The van der Waals surface area contributed by atoms with E-state index in [0.29, 0.717) is 13.3 Å². The first-order valence-corrected chi connectivity index (χ1v) is 9.82.